The highest BCUT2D eigenvalue weighted by Crippen LogP contribution is 2.31. The highest BCUT2D eigenvalue weighted by molar-refractivity contribution is 5.92. The van der Waals surface area contributed by atoms with Crippen LogP contribution in [0.3, 0.4) is 0 Å². The van der Waals surface area contributed by atoms with E-state index in [1.165, 1.54) is 12.1 Å². The lowest BCUT2D eigenvalue weighted by molar-refractivity contribution is 0.0910. The van der Waals surface area contributed by atoms with Gasteiger partial charge < -0.3 is 19.9 Å². The number of phenols is 2. The number of carbonyl (C=O) groups is 1. The van der Waals surface area contributed by atoms with Gasteiger partial charge in [-0.05, 0) is 43.2 Å². The fraction of sp³-hybridized carbons (Fsp3) is 0.312. The third-order valence-electron chi connectivity index (χ3n) is 3.78. The molecule has 0 bridgehead atoms. The number of aromatic hydroxyl groups is 2. The van der Waals surface area contributed by atoms with Crippen LogP contribution in [0.15, 0.2) is 34.7 Å². The van der Waals surface area contributed by atoms with Crippen LogP contribution in [0.4, 0.5) is 0 Å². The number of carbonyl (C=O) groups excluding carboxylic acids is 1. The first-order valence-corrected chi connectivity index (χ1v) is 7.06. The third kappa shape index (κ3) is 2.86. The number of phenolic OH excluding ortho intramolecular Hbond substituents is 2. The minimum absolute atomic E-state index is 0.190. The monoisotopic (exact) mass is 287 g/mol. The molecule has 3 N–H and O–H groups in total. The largest absolute Gasteiger partial charge is 0.504 e. The van der Waals surface area contributed by atoms with E-state index < -0.39 is 0 Å². The van der Waals surface area contributed by atoms with Crippen molar-refractivity contribution in [3.63, 3.8) is 0 Å². The van der Waals surface area contributed by atoms with Gasteiger partial charge in [0.25, 0.3) is 5.91 Å². The van der Waals surface area contributed by atoms with E-state index >= 15 is 0 Å². The number of amides is 1. The number of hydrogen-bond acceptors (Lipinski definition) is 4. The van der Waals surface area contributed by atoms with Gasteiger partial charge in [-0.3, -0.25) is 4.79 Å². The normalized spacial score (nSPS) is 15.2. The first kappa shape index (κ1) is 13.5. The lowest BCUT2D eigenvalue weighted by Gasteiger charge is -2.09. The zero-order valence-electron chi connectivity index (χ0n) is 11.5. The Morgan fingerprint density at radius 1 is 1.10 bits per heavy atom. The summed E-state index contributed by atoms with van der Waals surface area (Å²) in [5.41, 5.74) is 0.602. The second-order valence-electron chi connectivity index (χ2n) is 5.32. The second-order valence-corrected chi connectivity index (χ2v) is 5.32. The van der Waals surface area contributed by atoms with Crippen molar-refractivity contribution >= 4 is 5.91 Å². The molecule has 0 unspecified atom stereocenters. The second kappa shape index (κ2) is 5.52. The first-order chi connectivity index (χ1) is 10.1. The molecule has 0 radical (unpaired) electrons. The van der Waals surface area contributed by atoms with E-state index in [9.17, 15) is 15.0 Å². The molecule has 1 aliphatic rings. The van der Waals surface area contributed by atoms with Crippen molar-refractivity contribution in [1.29, 1.82) is 0 Å². The molecule has 1 aliphatic carbocycles. The molecule has 1 saturated carbocycles. The Labute approximate surface area is 122 Å². The first-order valence-electron chi connectivity index (χ1n) is 7.06. The molecule has 0 saturated heterocycles. The summed E-state index contributed by atoms with van der Waals surface area (Å²) in [7, 11) is 0. The molecule has 0 atom stereocenters. The van der Waals surface area contributed by atoms with Crippen molar-refractivity contribution in [2.45, 2.75) is 31.7 Å². The molecule has 0 aliphatic heterocycles. The number of nitrogens with one attached hydrogen (secondary N) is 1. The number of hydrogen-bond donors (Lipinski definition) is 3. The van der Waals surface area contributed by atoms with Gasteiger partial charge in [-0.25, -0.2) is 0 Å². The van der Waals surface area contributed by atoms with E-state index in [0.717, 1.165) is 25.7 Å². The van der Waals surface area contributed by atoms with E-state index in [4.69, 9.17) is 4.42 Å². The van der Waals surface area contributed by atoms with Crippen LogP contribution in [0.1, 0.15) is 36.2 Å². The minimum Gasteiger partial charge on any atom is -0.504 e. The van der Waals surface area contributed by atoms with Gasteiger partial charge in [-0.1, -0.05) is 12.8 Å². The highest BCUT2D eigenvalue weighted by atomic mass is 16.4. The summed E-state index contributed by atoms with van der Waals surface area (Å²) in [6.07, 6.45) is 4.35. The summed E-state index contributed by atoms with van der Waals surface area (Å²) in [5.74, 6) is 0.104. The van der Waals surface area contributed by atoms with Gasteiger partial charge in [0.2, 0.25) is 0 Å². The quantitative estimate of drug-likeness (QED) is 0.758. The third-order valence-corrected chi connectivity index (χ3v) is 3.78. The Bertz CT molecular complexity index is 656. The van der Waals surface area contributed by atoms with E-state index in [1.54, 1.807) is 18.2 Å². The van der Waals surface area contributed by atoms with E-state index in [1.807, 2.05) is 0 Å². The number of benzene rings is 1. The molecular formula is C16H17NO4. The maximum atomic E-state index is 12.1. The van der Waals surface area contributed by atoms with E-state index in [0.29, 0.717) is 11.3 Å². The van der Waals surface area contributed by atoms with Crippen molar-refractivity contribution in [2.24, 2.45) is 0 Å². The highest BCUT2D eigenvalue weighted by Gasteiger charge is 2.20. The van der Waals surface area contributed by atoms with Gasteiger partial charge in [-0.2, -0.15) is 0 Å². The predicted molar refractivity (Wildman–Crippen MR) is 77.2 cm³/mol. The van der Waals surface area contributed by atoms with Crippen molar-refractivity contribution < 1.29 is 19.4 Å². The SMILES string of the molecule is O=C(NC1CCCC1)c1ccc(-c2ccc(O)c(O)c2)o1. The molecular weight excluding hydrogens is 270 g/mol. The van der Waals surface area contributed by atoms with Crippen LogP contribution in [0, 0.1) is 0 Å². The Kier molecular flexibility index (Phi) is 3.56. The number of furan rings is 1. The van der Waals surface area contributed by atoms with Gasteiger partial charge in [0, 0.05) is 11.6 Å². The molecule has 1 aromatic carbocycles. The standard InChI is InChI=1S/C16H17NO4/c18-12-6-5-10(9-13(12)19)14-7-8-15(21-14)16(20)17-11-3-1-2-4-11/h5-9,11,18-19H,1-4H2,(H,17,20). The summed E-state index contributed by atoms with van der Waals surface area (Å²) in [5, 5.41) is 21.8. The van der Waals surface area contributed by atoms with Crippen molar-refractivity contribution in [3.05, 3.63) is 36.1 Å². The molecule has 3 rings (SSSR count). The van der Waals surface area contributed by atoms with Gasteiger partial charge in [0.1, 0.15) is 5.76 Å². The average molecular weight is 287 g/mol. The zero-order chi connectivity index (χ0) is 14.8. The van der Waals surface area contributed by atoms with Crippen LogP contribution in [0.5, 0.6) is 11.5 Å². The van der Waals surface area contributed by atoms with Crippen LogP contribution >= 0.6 is 0 Å². The molecule has 1 fully saturated rings. The summed E-state index contributed by atoms with van der Waals surface area (Å²) >= 11 is 0. The molecule has 1 amide bonds. The Morgan fingerprint density at radius 2 is 1.86 bits per heavy atom. The maximum Gasteiger partial charge on any atom is 0.287 e. The smallest absolute Gasteiger partial charge is 0.287 e. The molecule has 1 heterocycles. The summed E-state index contributed by atoms with van der Waals surface area (Å²) in [6.45, 7) is 0. The Balaban J connectivity index is 1.75. The fourth-order valence-corrected chi connectivity index (χ4v) is 2.62. The van der Waals surface area contributed by atoms with Crippen LogP contribution in [0.25, 0.3) is 11.3 Å². The molecule has 21 heavy (non-hydrogen) atoms. The van der Waals surface area contributed by atoms with Crippen molar-refractivity contribution in [1.82, 2.24) is 5.32 Å². The van der Waals surface area contributed by atoms with Gasteiger partial charge in [-0.15, -0.1) is 0 Å². The molecule has 110 valence electrons. The molecule has 1 aromatic heterocycles. The van der Waals surface area contributed by atoms with E-state index in [-0.39, 0.29) is 29.2 Å². The number of rotatable bonds is 3. The van der Waals surface area contributed by atoms with E-state index in [2.05, 4.69) is 5.32 Å². The summed E-state index contributed by atoms with van der Waals surface area (Å²) in [6, 6.07) is 7.92. The summed E-state index contributed by atoms with van der Waals surface area (Å²) in [4.78, 5) is 12.1. The maximum absolute atomic E-state index is 12.1. The topological polar surface area (TPSA) is 82.7 Å². The van der Waals surface area contributed by atoms with Crippen LogP contribution in [-0.2, 0) is 0 Å². The van der Waals surface area contributed by atoms with Crippen molar-refractivity contribution in [2.75, 3.05) is 0 Å². The van der Waals surface area contributed by atoms with Crippen LogP contribution in [0.2, 0.25) is 0 Å². The van der Waals surface area contributed by atoms with Crippen molar-refractivity contribution in [3.8, 4) is 22.8 Å². The predicted octanol–water partition coefficient (Wildman–Crippen LogP) is 3.03. The zero-order valence-corrected chi connectivity index (χ0v) is 11.5. The molecule has 5 heteroatoms. The lowest BCUT2D eigenvalue weighted by atomic mass is 10.1. The van der Waals surface area contributed by atoms with Crippen LogP contribution in [-0.4, -0.2) is 22.2 Å². The molecule has 2 aromatic rings. The molecule has 0 spiro atoms. The lowest BCUT2D eigenvalue weighted by Crippen LogP contribution is -2.32. The summed E-state index contributed by atoms with van der Waals surface area (Å²) < 4.78 is 5.53. The van der Waals surface area contributed by atoms with Gasteiger partial charge in [0.15, 0.2) is 17.3 Å². The average Bonchev–Trinajstić information content (AvgIpc) is 3.12. The minimum atomic E-state index is -0.221. The fourth-order valence-electron chi connectivity index (χ4n) is 2.62. The van der Waals surface area contributed by atoms with Gasteiger partial charge >= 0.3 is 0 Å². The van der Waals surface area contributed by atoms with Crippen LogP contribution < -0.4 is 5.32 Å². The Morgan fingerprint density at radius 3 is 2.57 bits per heavy atom. The molecule has 5 nitrogen and oxygen atoms in total. The Hall–Kier alpha value is -2.43. The van der Waals surface area contributed by atoms with Gasteiger partial charge in [0.05, 0.1) is 0 Å².